The van der Waals surface area contributed by atoms with Gasteiger partial charge in [0.15, 0.2) is 5.75 Å². The summed E-state index contributed by atoms with van der Waals surface area (Å²) in [7, 11) is 0. The highest BCUT2D eigenvalue weighted by molar-refractivity contribution is 5.58. The molecule has 25 heavy (non-hydrogen) atoms. The van der Waals surface area contributed by atoms with E-state index in [4.69, 9.17) is 28.1 Å². The van der Waals surface area contributed by atoms with Crippen LogP contribution in [-0.2, 0) is 0 Å². The zero-order valence-electron chi connectivity index (χ0n) is 13.4. The highest BCUT2D eigenvalue weighted by Gasteiger charge is 2.07. The van der Waals surface area contributed by atoms with Crippen molar-refractivity contribution >= 4 is 5.69 Å². The molecule has 3 rings (SSSR count). The predicted molar refractivity (Wildman–Crippen MR) is 99.8 cm³/mol. The van der Waals surface area contributed by atoms with E-state index >= 15 is 0 Å². The summed E-state index contributed by atoms with van der Waals surface area (Å²) in [5, 5.41) is 0. The molecule has 0 bridgehead atoms. The third kappa shape index (κ3) is 3.93. The van der Waals surface area contributed by atoms with Crippen LogP contribution in [0.5, 0.6) is 23.0 Å². The highest BCUT2D eigenvalue weighted by atomic mass is 16.5. The van der Waals surface area contributed by atoms with Crippen LogP contribution in [0.3, 0.4) is 0 Å². The number of rotatable bonds is 4. The van der Waals surface area contributed by atoms with Gasteiger partial charge in [0.05, 0.1) is 5.69 Å². The van der Waals surface area contributed by atoms with Crippen molar-refractivity contribution in [3.8, 4) is 47.7 Å². The van der Waals surface area contributed by atoms with Gasteiger partial charge in [-0.1, -0.05) is 24.0 Å². The molecule has 0 unspecified atom stereocenters. The number of nitrogen functional groups attached to an aromatic ring is 1. The summed E-state index contributed by atoms with van der Waals surface area (Å²) in [6, 6.07) is 19.7. The van der Waals surface area contributed by atoms with E-state index in [1.165, 1.54) is 0 Å². The zero-order valence-corrected chi connectivity index (χ0v) is 13.4. The van der Waals surface area contributed by atoms with Gasteiger partial charge in [0.1, 0.15) is 17.2 Å². The smallest absolute Gasteiger partial charge is 0.154 e. The molecule has 3 aromatic carbocycles. The van der Waals surface area contributed by atoms with Crippen molar-refractivity contribution in [3.63, 3.8) is 0 Å². The Morgan fingerprint density at radius 3 is 1.84 bits per heavy atom. The van der Waals surface area contributed by atoms with Gasteiger partial charge >= 0.3 is 0 Å². The summed E-state index contributed by atoms with van der Waals surface area (Å²) in [6.07, 6.45) is 10.8. The van der Waals surface area contributed by atoms with Crippen LogP contribution in [0, 0.1) is 24.7 Å². The molecule has 0 atom stereocenters. The van der Waals surface area contributed by atoms with Crippen molar-refractivity contribution in [1.82, 2.24) is 0 Å². The first-order valence-electron chi connectivity index (χ1n) is 7.56. The Morgan fingerprint density at radius 2 is 1.24 bits per heavy atom. The highest BCUT2D eigenvalue weighted by Crippen LogP contribution is 2.33. The summed E-state index contributed by atoms with van der Waals surface area (Å²) in [6.45, 7) is 0. The summed E-state index contributed by atoms with van der Waals surface area (Å²) < 4.78 is 11.7. The fourth-order valence-corrected chi connectivity index (χ4v) is 2.23. The minimum Gasteiger partial charge on any atom is -0.457 e. The van der Waals surface area contributed by atoms with E-state index in [1.54, 1.807) is 30.3 Å². The van der Waals surface area contributed by atoms with Crippen molar-refractivity contribution in [1.29, 1.82) is 0 Å². The molecular formula is C22H15NO2. The maximum Gasteiger partial charge on any atom is 0.154 e. The van der Waals surface area contributed by atoms with Crippen molar-refractivity contribution in [2.75, 3.05) is 5.73 Å². The van der Waals surface area contributed by atoms with Gasteiger partial charge in [-0.15, -0.1) is 12.8 Å². The Morgan fingerprint density at radius 1 is 0.680 bits per heavy atom. The number of ether oxygens (including phenoxy) is 2. The van der Waals surface area contributed by atoms with Gasteiger partial charge in [-0.3, -0.25) is 0 Å². The topological polar surface area (TPSA) is 44.5 Å². The molecule has 0 spiro atoms. The molecule has 3 heteroatoms. The minimum absolute atomic E-state index is 0.486. The van der Waals surface area contributed by atoms with Crippen molar-refractivity contribution in [2.45, 2.75) is 0 Å². The van der Waals surface area contributed by atoms with E-state index in [0.29, 0.717) is 28.7 Å². The van der Waals surface area contributed by atoms with Gasteiger partial charge < -0.3 is 15.2 Å². The number of hydrogen-bond donors (Lipinski definition) is 1. The van der Waals surface area contributed by atoms with Crippen molar-refractivity contribution in [2.24, 2.45) is 0 Å². The molecule has 120 valence electrons. The van der Waals surface area contributed by atoms with Crippen LogP contribution >= 0.6 is 0 Å². The molecule has 0 aliphatic heterocycles. The molecule has 0 saturated heterocycles. The van der Waals surface area contributed by atoms with Crippen LogP contribution in [0.2, 0.25) is 0 Å². The Balaban J connectivity index is 1.85. The van der Waals surface area contributed by atoms with Gasteiger partial charge in [0, 0.05) is 17.2 Å². The van der Waals surface area contributed by atoms with Crippen LogP contribution < -0.4 is 15.2 Å². The van der Waals surface area contributed by atoms with Crippen LogP contribution in [0.15, 0.2) is 66.7 Å². The zero-order chi connectivity index (χ0) is 17.6. The summed E-state index contributed by atoms with van der Waals surface area (Å²) in [5.74, 6) is 7.47. The lowest BCUT2D eigenvalue weighted by molar-refractivity contribution is 0.462. The normalized spacial score (nSPS) is 9.68. The third-order valence-electron chi connectivity index (χ3n) is 3.45. The van der Waals surface area contributed by atoms with Gasteiger partial charge in [0.2, 0.25) is 0 Å². The SMILES string of the molecule is C#Cc1cccc(Oc2ccc(N)c(Oc3cccc(C#C)c3)c2)c1. The third-order valence-corrected chi connectivity index (χ3v) is 3.45. The summed E-state index contributed by atoms with van der Waals surface area (Å²) in [5.41, 5.74) is 7.97. The van der Waals surface area contributed by atoms with Gasteiger partial charge in [-0.25, -0.2) is 0 Å². The molecule has 0 heterocycles. The monoisotopic (exact) mass is 325 g/mol. The van der Waals surface area contributed by atoms with Crippen LogP contribution in [-0.4, -0.2) is 0 Å². The summed E-state index contributed by atoms with van der Waals surface area (Å²) in [4.78, 5) is 0. The Bertz CT molecular complexity index is 993. The van der Waals surface area contributed by atoms with Crippen molar-refractivity contribution < 1.29 is 9.47 Å². The van der Waals surface area contributed by atoms with E-state index in [-0.39, 0.29) is 0 Å². The lowest BCUT2D eigenvalue weighted by atomic mass is 10.2. The van der Waals surface area contributed by atoms with Crippen molar-refractivity contribution in [3.05, 3.63) is 77.9 Å². The molecule has 0 fully saturated rings. The Kier molecular flexibility index (Phi) is 4.60. The van der Waals surface area contributed by atoms with Gasteiger partial charge in [0.25, 0.3) is 0 Å². The molecule has 0 radical (unpaired) electrons. The first-order valence-corrected chi connectivity index (χ1v) is 7.56. The predicted octanol–water partition coefficient (Wildman–Crippen LogP) is 4.82. The first kappa shape index (κ1) is 16.1. The quantitative estimate of drug-likeness (QED) is 0.553. The molecule has 3 nitrogen and oxygen atoms in total. The number of anilines is 1. The maximum atomic E-state index is 6.00. The number of terminal acetylenes is 2. The molecule has 0 aliphatic rings. The van der Waals surface area contributed by atoms with E-state index < -0.39 is 0 Å². The van der Waals surface area contributed by atoms with E-state index in [0.717, 1.165) is 11.1 Å². The van der Waals surface area contributed by atoms with Crippen LogP contribution in [0.1, 0.15) is 11.1 Å². The standard InChI is InChI=1S/C22H15NO2/c1-3-16-7-5-9-18(13-16)24-20-11-12-21(23)22(15-20)25-19-10-6-8-17(4-2)14-19/h1-2,5-15H,23H2. The average molecular weight is 325 g/mol. The summed E-state index contributed by atoms with van der Waals surface area (Å²) >= 11 is 0. The number of hydrogen-bond acceptors (Lipinski definition) is 3. The van der Waals surface area contributed by atoms with E-state index in [2.05, 4.69) is 11.8 Å². The van der Waals surface area contributed by atoms with Gasteiger partial charge in [-0.2, -0.15) is 0 Å². The molecule has 0 aliphatic carbocycles. The molecular weight excluding hydrogens is 310 g/mol. The Labute approximate surface area is 147 Å². The van der Waals surface area contributed by atoms with Gasteiger partial charge in [-0.05, 0) is 48.5 Å². The molecule has 3 aromatic rings. The average Bonchev–Trinajstić information content (AvgIpc) is 2.65. The molecule has 2 N–H and O–H groups in total. The molecule has 0 aromatic heterocycles. The maximum absolute atomic E-state index is 6.00. The second kappa shape index (κ2) is 7.17. The Hall–Kier alpha value is -3.82. The lowest BCUT2D eigenvalue weighted by Crippen LogP contribution is -1.94. The van der Waals surface area contributed by atoms with E-state index in [9.17, 15) is 0 Å². The largest absolute Gasteiger partial charge is 0.457 e. The van der Waals surface area contributed by atoms with Crippen LogP contribution in [0.4, 0.5) is 5.69 Å². The minimum atomic E-state index is 0.486. The number of nitrogens with two attached hydrogens (primary N) is 1. The second-order valence-electron chi connectivity index (χ2n) is 5.25. The van der Waals surface area contributed by atoms with Crippen LogP contribution in [0.25, 0.3) is 0 Å². The second-order valence-corrected chi connectivity index (χ2v) is 5.25. The molecule has 0 saturated carbocycles. The lowest BCUT2D eigenvalue weighted by Gasteiger charge is -2.12. The fraction of sp³-hybridized carbons (Fsp3) is 0. The fourth-order valence-electron chi connectivity index (χ4n) is 2.23. The van der Waals surface area contributed by atoms with E-state index in [1.807, 2.05) is 36.4 Å². The number of benzene rings is 3. The first-order chi connectivity index (χ1) is 12.2. The molecule has 0 amide bonds.